The molecule has 19 heavy (non-hydrogen) atoms. The van der Waals surface area contributed by atoms with Crippen LogP contribution >= 0.6 is 0 Å². The smallest absolute Gasteiger partial charge is 0.0363 e. The summed E-state index contributed by atoms with van der Waals surface area (Å²) < 4.78 is 0. The normalized spacial score (nSPS) is 16.5. The Morgan fingerprint density at radius 1 is 1.11 bits per heavy atom. The summed E-state index contributed by atoms with van der Waals surface area (Å²) in [4.78, 5) is 2.35. The highest BCUT2D eigenvalue weighted by molar-refractivity contribution is 5.47. The maximum atomic E-state index is 3.20. The van der Waals surface area contributed by atoms with Gasteiger partial charge in [0.1, 0.15) is 0 Å². The molecule has 0 spiro atoms. The Kier molecular flexibility index (Phi) is 5.71. The molecule has 0 atom stereocenters. The lowest BCUT2D eigenvalue weighted by atomic mass is 9.84. The molecule has 106 valence electrons. The minimum Gasteiger partial charge on any atom is -0.375 e. The maximum Gasteiger partial charge on any atom is 0.0363 e. The number of hydrogen-bond donors (Lipinski definition) is 1. The lowest BCUT2D eigenvalue weighted by Gasteiger charge is -2.24. The second-order valence-electron chi connectivity index (χ2n) is 5.81. The summed E-state index contributed by atoms with van der Waals surface area (Å²) in [6.45, 7) is 2.20. The van der Waals surface area contributed by atoms with Crippen LogP contribution < -0.4 is 10.2 Å². The molecule has 0 heterocycles. The van der Waals surface area contributed by atoms with Gasteiger partial charge in [-0.05, 0) is 56.5 Å². The van der Waals surface area contributed by atoms with E-state index in [1.54, 1.807) is 5.56 Å². The number of nitrogens with one attached hydrogen (secondary N) is 1. The first-order valence-electron chi connectivity index (χ1n) is 7.77. The minimum atomic E-state index is 0.817. The van der Waals surface area contributed by atoms with Crippen LogP contribution in [0.2, 0.25) is 0 Å². The summed E-state index contributed by atoms with van der Waals surface area (Å²) in [6, 6.07) is 9.28. The predicted octanol–water partition coefficient (Wildman–Crippen LogP) is 3.78. The summed E-state index contributed by atoms with van der Waals surface area (Å²) in [5.41, 5.74) is 2.89. The highest BCUT2D eigenvalue weighted by Gasteiger charge is 2.15. The van der Waals surface area contributed by atoms with E-state index in [1.807, 2.05) is 7.05 Å². The fraction of sp³-hybridized carbons (Fsp3) is 0.647. The van der Waals surface area contributed by atoms with Crippen molar-refractivity contribution in [1.82, 2.24) is 5.32 Å². The molecule has 1 N–H and O–H groups in total. The molecule has 1 saturated carbocycles. The van der Waals surface area contributed by atoms with Gasteiger partial charge in [0.25, 0.3) is 0 Å². The van der Waals surface area contributed by atoms with E-state index in [2.05, 4.69) is 41.5 Å². The number of benzene rings is 1. The summed E-state index contributed by atoms with van der Waals surface area (Å²) in [7, 11) is 4.20. The number of rotatable bonds is 6. The predicted molar refractivity (Wildman–Crippen MR) is 84.1 cm³/mol. The largest absolute Gasteiger partial charge is 0.375 e. The van der Waals surface area contributed by atoms with Crippen molar-refractivity contribution in [2.24, 2.45) is 0 Å². The summed E-state index contributed by atoms with van der Waals surface area (Å²) in [5, 5.41) is 3.20. The van der Waals surface area contributed by atoms with Crippen molar-refractivity contribution >= 4 is 5.69 Å². The Labute approximate surface area is 118 Å². The highest BCUT2D eigenvalue weighted by Crippen LogP contribution is 2.33. The van der Waals surface area contributed by atoms with Gasteiger partial charge in [-0.2, -0.15) is 0 Å². The van der Waals surface area contributed by atoms with Gasteiger partial charge in [-0.1, -0.05) is 31.4 Å². The molecule has 0 unspecified atom stereocenters. The van der Waals surface area contributed by atoms with Crippen molar-refractivity contribution in [1.29, 1.82) is 0 Å². The average Bonchev–Trinajstić information content (AvgIpc) is 2.48. The van der Waals surface area contributed by atoms with Crippen LogP contribution in [0.3, 0.4) is 0 Å². The second kappa shape index (κ2) is 7.54. The van der Waals surface area contributed by atoms with Gasteiger partial charge in [0.2, 0.25) is 0 Å². The molecule has 0 radical (unpaired) electrons. The van der Waals surface area contributed by atoms with Crippen molar-refractivity contribution in [3.8, 4) is 0 Å². The lowest BCUT2D eigenvalue weighted by Crippen LogP contribution is -2.22. The Bertz CT molecular complexity index is 352. The van der Waals surface area contributed by atoms with E-state index in [9.17, 15) is 0 Å². The monoisotopic (exact) mass is 260 g/mol. The fourth-order valence-electron chi connectivity index (χ4n) is 3.06. The Morgan fingerprint density at radius 2 is 1.79 bits per heavy atom. The van der Waals surface area contributed by atoms with Gasteiger partial charge in [-0.25, -0.2) is 0 Å². The van der Waals surface area contributed by atoms with Crippen molar-refractivity contribution in [2.75, 3.05) is 32.1 Å². The molecule has 0 aromatic heterocycles. The first-order chi connectivity index (χ1) is 9.31. The summed E-state index contributed by atoms with van der Waals surface area (Å²) >= 11 is 0. The topological polar surface area (TPSA) is 15.3 Å². The number of hydrogen-bond acceptors (Lipinski definition) is 2. The van der Waals surface area contributed by atoms with Crippen LogP contribution in [0.15, 0.2) is 24.3 Å². The second-order valence-corrected chi connectivity index (χ2v) is 5.81. The molecule has 2 nitrogen and oxygen atoms in total. The molecule has 2 heteroatoms. The Balaban J connectivity index is 1.89. The first-order valence-corrected chi connectivity index (χ1v) is 7.77. The standard InChI is InChI=1S/C17H28N2/c1-18-13-6-14-19(2)17-11-9-16(10-12-17)15-7-4-3-5-8-15/h9-12,15,18H,3-8,13-14H2,1-2H3. The Hall–Kier alpha value is -1.02. The van der Waals surface area contributed by atoms with Crippen LogP contribution in [0.1, 0.15) is 50.0 Å². The quantitative estimate of drug-likeness (QED) is 0.783. The summed E-state index contributed by atoms with van der Waals surface area (Å²) in [6.07, 6.45) is 8.22. The molecule has 0 aliphatic heterocycles. The zero-order chi connectivity index (χ0) is 13.5. The van der Waals surface area contributed by atoms with E-state index >= 15 is 0 Å². The molecule has 1 aliphatic carbocycles. The lowest BCUT2D eigenvalue weighted by molar-refractivity contribution is 0.443. The SMILES string of the molecule is CNCCCN(C)c1ccc(C2CCCCC2)cc1. The van der Waals surface area contributed by atoms with E-state index in [-0.39, 0.29) is 0 Å². The van der Waals surface area contributed by atoms with Crippen LogP contribution in [-0.4, -0.2) is 27.2 Å². The highest BCUT2D eigenvalue weighted by atomic mass is 15.1. The Morgan fingerprint density at radius 3 is 2.42 bits per heavy atom. The molecular formula is C17H28N2. The third-order valence-electron chi connectivity index (χ3n) is 4.33. The third-order valence-corrected chi connectivity index (χ3v) is 4.33. The minimum absolute atomic E-state index is 0.817. The molecule has 2 rings (SSSR count). The maximum absolute atomic E-state index is 3.20. The van der Waals surface area contributed by atoms with E-state index in [0.29, 0.717) is 0 Å². The van der Waals surface area contributed by atoms with Crippen LogP contribution in [0.4, 0.5) is 5.69 Å². The van der Waals surface area contributed by atoms with E-state index in [0.717, 1.165) is 19.0 Å². The van der Waals surface area contributed by atoms with Crippen molar-refractivity contribution in [2.45, 2.75) is 44.4 Å². The third kappa shape index (κ3) is 4.24. The van der Waals surface area contributed by atoms with Gasteiger partial charge in [-0.3, -0.25) is 0 Å². The molecule has 1 aromatic rings. The number of anilines is 1. The first kappa shape index (κ1) is 14.4. The van der Waals surface area contributed by atoms with Crippen LogP contribution in [-0.2, 0) is 0 Å². The van der Waals surface area contributed by atoms with Gasteiger partial charge >= 0.3 is 0 Å². The zero-order valence-corrected chi connectivity index (χ0v) is 12.5. The van der Waals surface area contributed by atoms with Gasteiger partial charge < -0.3 is 10.2 Å². The van der Waals surface area contributed by atoms with E-state index in [1.165, 1.54) is 44.2 Å². The average molecular weight is 260 g/mol. The molecule has 1 fully saturated rings. The van der Waals surface area contributed by atoms with Gasteiger partial charge in [-0.15, -0.1) is 0 Å². The molecule has 1 aromatic carbocycles. The molecule has 0 bridgehead atoms. The van der Waals surface area contributed by atoms with Crippen LogP contribution in [0, 0.1) is 0 Å². The van der Waals surface area contributed by atoms with E-state index < -0.39 is 0 Å². The molecule has 0 saturated heterocycles. The van der Waals surface area contributed by atoms with Gasteiger partial charge in [0, 0.05) is 19.3 Å². The van der Waals surface area contributed by atoms with Crippen LogP contribution in [0.5, 0.6) is 0 Å². The van der Waals surface area contributed by atoms with Crippen LogP contribution in [0.25, 0.3) is 0 Å². The number of nitrogens with zero attached hydrogens (tertiary/aromatic N) is 1. The van der Waals surface area contributed by atoms with Gasteiger partial charge in [0.15, 0.2) is 0 Å². The molecular weight excluding hydrogens is 232 g/mol. The van der Waals surface area contributed by atoms with Crippen molar-refractivity contribution in [3.63, 3.8) is 0 Å². The van der Waals surface area contributed by atoms with Crippen molar-refractivity contribution in [3.05, 3.63) is 29.8 Å². The molecule has 0 amide bonds. The molecule has 1 aliphatic rings. The summed E-state index contributed by atoms with van der Waals surface area (Å²) in [5.74, 6) is 0.817. The fourth-order valence-corrected chi connectivity index (χ4v) is 3.06. The van der Waals surface area contributed by atoms with E-state index in [4.69, 9.17) is 0 Å². The zero-order valence-electron chi connectivity index (χ0n) is 12.5. The van der Waals surface area contributed by atoms with Gasteiger partial charge in [0.05, 0.1) is 0 Å². The van der Waals surface area contributed by atoms with Crippen molar-refractivity contribution < 1.29 is 0 Å².